The second kappa shape index (κ2) is 7.49. The van der Waals surface area contributed by atoms with E-state index in [0.29, 0.717) is 30.3 Å². The number of aromatic nitrogens is 4. The van der Waals surface area contributed by atoms with Crippen LogP contribution in [0.15, 0.2) is 21.7 Å². The zero-order valence-corrected chi connectivity index (χ0v) is 16.6. The van der Waals surface area contributed by atoms with Crippen molar-refractivity contribution in [2.75, 3.05) is 13.3 Å². The molecule has 0 aromatic carbocycles. The predicted molar refractivity (Wildman–Crippen MR) is 100 cm³/mol. The van der Waals surface area contributed by atoms with E-state index in [2.05, 4.69) is 15.1 Å². The first-order chi connectivity index (χ1) is 12.4. The Kier molecular flexibility index (Phi) is 5.31. The van der Waals surface area contributed by atoms with E-state index in [-0.39, 0.29) is 5.91 Å². The van der Waals surface area contributed by atoms with Gasteiger partial charge in [0.05, 0.1) is 6.54 Å². The highest BCUT2D eigenvalue weighted by atomic mass is 32.2. The van der Waals surface area contributed by atoms with Gasteiger partial charge in [0.1, 0.15) is 11.5 Å². The van der Waals surface area contributed by atoms with E-state index < -0.39 is 0 Å². The van der Waals surface area contributed by atoms with Crippen molar-refractivity contribution in [3.63, 3.8) is 0 Å². The van der Waals surface area contributed by atoms with E-state index in [1.807, 2.05) is 39.2 Å². The number of fused-ring (bicyclic) bond motifs is 1. The fourth-order valence-corrected chi connectivity index (χ4v) is 3.29. The largest absolute Gasteiger partial charge is 0.464 e. The number of hydrogen-bond donors (Lipinski definition) is 0. The number of rotatable bonds is 6. The van der Waals surface area contributed by atoms with Crippen LogP contribution in [0, 0.1) is 20.8 Å². The van der Waals surface area contributed by atoms with Crippen molar-refractivity contribution in [2.45, 2.75) is 45.3 Å². The number of carbonyl (C=O) groups excluding carboxylic acids is 1. The predicted octanol–water partition coefficient (Wildman–Crippen LogP) is 2.96. The summed E-state index contributed by atoms with van der Waals surface area (Å²) in [6, 6.07) is 3.81. The average Bonchev–Trinajstić information content (AvgIpc) is 3.20. The van der Waals surface area contributed by atoms with Gasteiger partial charge in [0.2, 0.25) is 11.1 Å². The van der Waals surface area contributed by atoms with Crippen LogP contribution in [0.3, 0.4) is 0 Å². The smallest absolute Gasteiger partial charge is 0.253 e. The lowest BCUT2D eigenvalue weighted by Gasteiger charge is -2.16. The van der Waals surface area contributed by atoms with Crippen molar-refractivity contribution in [3.8, 4) is 0 Å². The average molecular weight is 373 g/mol. The molecule has 8 heteroatoms. The molecular formula is C18H23N5O2S. The summed E-state index contributed by atoms with van der Waals surface area (Å²) in [5.41, 5.74) is 2.93. The molecule has 0 spiro atoms. The molecule has 3 aromatic rings. The molecule has 0 aliphatic heterocycles. The summed E-state index contributed by atoms with van der Waals surface area (Å²) in [5.74, 6) is 2.32. The molecule has 0 radical (unpaired) electrons. The van der Waals surface area contributed by atoms with Crippen LogP contribution in [0.1, 0.15) is 34.9 Å². The van der Waals surface area contributed by atoms with Gasteiger partial charge in [-0.3, -0.25) is 4.79 Å². The molecule has 0 saturated carbocycles. The van der Waals surface area contributed by atoms with Crippen LogP contribution in [0.2, 0.25) is 0 Å². The zero-order chi connectivity index (χ0) is 18.8. The molecule has 3 aromatic heterocycles. The lowest BCUT2D eigenvalue weighted by atomic mass is 10.1. The standard InChI is InChI=1S/C18H23N5O2S/c1-11-6-7-14(25-11)10-22(4)16(24)9-8-15-12(2)19-17-20-18(26-5)21-23(17)13(15)3/h6-7H,8-10H2,1-5H3. The number of hydrogen-bond acceptors (Lipinski definition) is 6. The number of furan rings is 1. The molecule has 0 bridgehead atoms. The van der Waals surface area contributed by atoms with E-state index in [9.17, 15) is 4.79 Å². The molecule has 26 heavy (non-hydrogen) atoms. The molecule has 3 heterocycles. The highest BCUT2D eigenvalue weighted by Gasteiger charge is 2.16. The summed E-state index contributed by atoms with van der Waals surface area (Å²) < 4.78 is 7.30. The number of thioether (sulfide) groups is 1. The summed E-state index contributed by atoms with van der Waals surface area (Å²) >= 11 is 1.49. The molecule has 138 valence electrons. The third kappa shape index (κ3) is 3.75. The maximum atomic E-state index is 12.5. The molecule has 1 amide bonds. The molecule has 0 fully saturated rings. The molecule has 0 atom stereocenters. The third-order valence-electron chi connectivity index (χ3n) is 4.42. The summed E-state index contributed by atoms with van der Waals surface area (Å²) in [6.07, 6.45) is 2.97. The van der Waals surface area contributed by atoms with Crippen LogP contribution in [0.4, 0.5) is 0 Å². The Bertz CT molecular complexity index is 947. The van der Waals surface area contributed by atoms with Crippen LogP contribution < -0.4 is 0 Å². The minimum Gasteiger partial charge on any atom is -0.464 e. The Morgan fingerprint density at radius 1 is 1.27 bits per heavy atom. The van der Waals surface area contributed by atoms with Gasteiger partial charge in [-0.05, 0) is 51.1 Å². The molecule has 0 N–H and O–H groups in total. The SMILES string of the molecule is CSc1nc2nc(C)c(CCC(=O)N(C)Cc3ccc(C)o3)c(C)n2n1. The van der Waals surface area contributed by atoms with E-state index in [4.69, 9.17) is 4.42 Å². The van der Waals surface area contributed by atoms with Gasteiger partial charge >= 0.3 is 0 Å². The first-order valence-electron chi connectivity index (χ1n) is 8.45. The van der Waals surface area contributed by atoms with Crippen molar-refractivity contribution < 1.29 is 9.21 Å². The van der Waals surface area contributed by atoms with Crippen molar-refractivity contribution in [2.24, 2.45) is 0 Å². The highest BCUT2D eigenvalue weighted by molar-refractivity contribution is 7.98. The summed E-state index contributed by atoms with van der Waals surface area (Å²) in [5, 5.41) is 5.15. The molecule has 0 unspecified atom stereocenters. The normalized spacial score (nSPS) is 11.3. The van der Waals surface area contributed by atoms with Crippen molar-refractivity contribution >= 4 is 23.4 Å². The van der Waals surface area contributed by atoms with E-state index in [1.54, 1.807) is 16.5 Å². The third-order valence-corrected chi connectivity index (χ3v) is 4.95. The van der Waals surface area contributed by atoms with Crippen LogP contribution >= 0.6 is 11.8 Å². The lowest BCUT2D eigenvalue weighted by molar-refractivity contribution is -0.130. The van der Waals surface area contributed by atoms with Gasteiger partial charge < -0.3 is 9.32 Å². The van der Waals surface area contributed by atoms with Crippen LogP contribution in [-0.2, 0) is 17.8 Å². The highest BCUT2D eigenvalue weighted by Crippen LogP contribution is 2.18. The lowest BCUT2D eigenvalue weighted by Crippen LogP contribution is -2.26. The summed E-state index contributed by atoms with van der Waals surface area (Å²) in [4.78, 5) is 23.1. The Morgan fingerprint density at radius 3 is 2.69 bits per heavy atom. The number of carbonyl (C=O) groups is 1. The second-order valence-electron chi connectivity index (χ2n) is 6.33. The minimum absolute atomic E-state index is 0.0707. The van der Waals surface area contributed by atoms with Gasteiger partial charge in [-0.1, -0.05) is 11.8 Å². The van der Waals surface area contributed by atoms with Crippen LogP contribution in [0.25, 0.3) is 5.78 Å². The molecular weight excluding hydrogens is 350 g/mol. The monoisotopic (exact) mass is 373 g/mol. The molecule has 0 aliphatic rings. The number of nitrogens with zero attached hydrogens (tertiary/aromatic N) is 5. The quantitative estimate of drug-likeness (QED) is 0.618. The number of amides is 1. The minimum atomic E-state index is 0.0707. The van der Waals surface area contributed by atoms with Gasteiger partial charge in [-0.2, -0.15) is 4.98 Å². The van der Waals surface area contributed by atoms with Crippen molar-refractivity contribution in [1.82, 2.24) is 24.5 Å². The van der Waals surface area contributed by atoms with E-state index >= 15 is 0 Å². The first kappa shape index (κ1) is 18.4. The van der Waals surface area contributed by atoms with Gasteiger partial charge in [0.25, 0.3) is 5.78 Å². The Labute approximate surface area is 156 Å². The fraction of sp³-hybridized carbons (Fsp3) is 0.444. The van der Waals surface area contributed by atoms with Crippen LogP contribution in [0.5, 0.6) is 0 Å². The molecule has 7 nitrogen and oxygen atoms in total. The van der Waals surface area contributed by atoms with Gasteiger partial charge in [-0.15, -0.1) is 5.10 Å². The Balaban J connectivity index is 1.71. The van der Waals surface area contributed by atoms with E-state index in [1.165, 1.54) is 11.8 Å². The molecule has 0 aliphatic carbocycles. The van der Waals surface area contributed by atoms with Gasteiger partial charge in [0.15, 0.2) is 0 Å². The topological polar surface area (TPSA) is 76.5 Å². The van der Waals surface area contributed by atoms with E-state index in [0.717, 1.165) is 28.5 Å². The second-order valence-corrected chi connectivity index (χ2v) is 7.11. The zero-order valence-electron chi connectivity index (χ0n) is 15.7. The number of aryl methyl sites for hydroxylation is 3. The fourth-order valence-electron chi connectivity index (χ4n) is 2.95. The Hall–Kier alpha value is -2.35. The van der Waals surface area contributed by atoms with Gasteiger partial charge in [-0.25, -0.2) is 9.50 Å². The van der Waals surface area contributed by atoms with Crippen LogP contribution in [-0.4, -0.2) is 43.7 Å². The first-order valence-corrected chi connectivity index (χ1v) is 9.67. The maximum absolute atomic E-state index is 12.5. The molecule has 3 rings (SSSR count). The Morgan fingerprint density at radius 2 is 2.04 bits per heavy atom. The summed E-state index contributed by atoms with van der Waals surface area (Å²) in [6.45, 7) is 6.32. The summed E-state index contributed by atoms with van der Waals surface area (Å²) in [7, 11) is 1.80. The maximum Gasteiger partial charge on any atom is 0.253 e. The molecule has 0 saturated heterocycles. The van der Waals surface area contributed by atoms with Crippen molar-refractivity contribution in [3.05, 3.63) is 40.6 Å². The van der Waals surface area contributed by atoms with Gasteiger partial charge in [0, 0.05) is 24.9 Å². The van der Waals surface area contributed by atoms with Crippen molar-refractivity contribution in [1.29, 1.82) is 0 Å².